The van der Waals surface area contributed by atoms with Crippen LogP contribution < -0.4 is 5.32 Å². The average Bonchev–Trinajstić information content (AvgIpc) is 3.14. The van der Waals surface area contributed by atoms with Crippen molar-refractivity contribution in [1.82, 2.24) is 19.7 Å². The van der Waals surface area contributed by atoms with Gasteiger partial charge in [0.05, 0.1) is 16.9 Å². The smallest absolute Gasteiger partial charge is 0.257 e. The van der Waals surface area contributed by atoms with E-state index in [0.717, 1.165) is 18.7 Å². The lowest BCUT2D eigenvalue weighted by molar-refractivity contribution is 0.102. The van der Waals surface area contributed by atoms with Gasteiger partial charge < -0.3 is 10.2 Å². The first-order valence-electron chi connectivity index (χ1n) is 7.07. The van der Waals surface area contributed by atoms with Gasteiger partial charge in [-0.3, -0.25) is 14.5 Å². The molecule has 1 amide bonds. The third-order valence-corrected chi connectivity index (χ3v) is 3.75. The molecule has 0 unspecified atom stereocenters. The van der Waals surface area contributed by atoms with Crippen molar-refractivity contribution in [2.75, 3.05) is 18.4 Å². The number of nitrogens with zero attached hydrogens (tertiary/aromatic N) is 5. The summed E-state index contributed by atoms with van der Waals surface area (Å²) in [4.78, 5) is 17.9. The molecule has 1 saturated heterocycles. The van der Waals surface area contributed by atoms with Crippen LogP contribution in [0, 0.1) is 11.5 Å². The Kier molecular flexibility index (Phi) is 3.74. The standard InChI is InChI=1S/C15H16N6O/c1-20-9-13(18-15(22)11-3-2-5-17-7-11)14(19-20)12-4-6-21(8-12)10-16/h2-3,5,7,9,12H,4,6,8H2,1H3,(H,18,22)/t12-/m1/s1. The highest BCUT2D eigenvalue weighted by Crippen LogP contribution is 2.30. The molecule has 1 atom stereocenters. The summed E-state index contributed by atoms with van der Waals surface area (Å²) < 4.78 is 1.68. The number of carbonyl (C=O) groups is 1. The largest absolute Gasteiger partial charge is 0.319 e. The van der Waals surface area contributed by atoms with Gasteiger partial charge in [0, 0.05) is 44.6 Å². The van der Waals surface area contributed by atoms with Crippen molar-refractivity contribution in [2.45, 2.75) is 12.3 Å². The number of anilines is 1. The van der Waals surface area contributed by atoms with Gasteiger partial charge in [-0.05, 0) is 18.6 Å². The maximum Gasteiger partial charge on any atom is 0.257 e. The number of aromatic nitrogens is 3. The third-order valence-electron chi connectivity index (χ3n) is 3.75. The Balaban J connectivity index is 1.80. The molecule has 0 aromatic carbocycles. The summed E-state index contributed by atoms with van der Waals surface area (Å²) in [5, 5.41) is 16.3. The minimum Gasteiger partial charge on any atom is -0.319 e. The van der Waals surface area contributed by atoms with Crippen molar-refractivity contribution >= 4 is 11.6 Å². The highest BCUT2D eigenvalue weighted by molar-refractivity contribution is 6.04. The normalized spacial score (nSPS) is 17.3. The van der Waals surface area contributed by atoms with E-state index in [0.29, 0.717) is 17.8 Å². The van der Waals surface area contributed by atoms with Gasteiger partial charge in [-0.15, -0.1) is 0 Å². The molecule has 0 radical (unpaired) electrons. The van der Waals surface area contributed by atoms with Gasteiger partial charge in [0.2, 0.25) is 0 Å². The van der Waals surface area contributed by atoms with Crippen LogP contribution in [0.4, 0.5) is 5.69 Å². The quantitative estimate of drug-likeness (QED) is 0.864. The molecule has 2 aromatic rings. The van der Waals surface area contributed by atoms with Crippen LogP contribution in [0.3, 0.4) is 0 Å². The van der Waals surface area contributed by atoms with Crippen LogP contribution in [0.1, 0.15) is 28.4 Å². The van der Waals surface area contributed by atoms with Crippen LogP contribution in [-0.2, 0) is 7.05 Å². The van der Waals surface area contributed by atoms with Crippen LogP contribution in [0.5, 0.6) is 0 Å². The second-order valence-electron chi connectivity index (χ2n) is 5.33. The highest BCUT2D eigenvalue weighted by atomic mass is 16.1. The number of aryl methyl sites for hydroxylation is 1. The molecule has 1 aliphatic heterocycles. The van der Waals surface area contributed by atoms with Crippen molar-refractivity contribution in [2.24, 2.45) is 7.05 Å². The lowest BCUT2D eigenvalue weighted by atomic mass is 10.0. The van der Waals surface area contributed by atoms with Gasteiger partial charge in [-0.1, -0.05) is 0 Å². The van der Waals surface area contributed by atoms with E-state index in [1.165, 1.54) is 6.20 Å². The van der Waals surface area contributed by atoms with Gasteiger partial charge in [0.1, 0.15) is 0 Å². The minimum atomic E-state index is -0.211. The number of nitrogens with one attached hydrogen (secondary N) is 1. The second-order valence-corrected chi connectivity index (χ2v) is 5.33. The Hall–Kier alpha value is -2.88. The molecule has 0 bridgehead atoms. The van der Waals surface area contributed by atoms with Crippen molar-refractivity contribution in [3.05, 3.63) is 42.0 Å². The summed E-state index contributed by atoms with van der Waals surface area (Å²) in [5.41, 5.74) is 2.03. The number of carbonyl (C=O) groups excluding carboxylic acids is 1. The van der Waals surface area contributed by atoms with E-state index in [1.54, 1.807) is 34.1 Å². The van der Waals surface area contributed by atoms with E-state index >= 15 is 0 Å². The van der Waals surface area contributed by atoms with E-state index in [-0.39, 0.29) is 11.8 Å². The monoisotopic (exact) mass is 296 g/mol. The van der Waals surface area contributed by atoms with Gasteiger partial charge in [0.25, 0.3) is 5.91 Å². The Labute approximate surface area is 128 Å². The molecular weight excluding hydrogens is 280 g/mol. The maximum atomic E-state index is 12.3. The predicted molar refractivity (Wildman–Crippen MR) is 79.9 cm³/mol. The van der Waals surface area contributed by atoms with Crippen molar-refractivity contribution in [3.8, 4) is 6.19 Å². The number of likely N-dealkylation sites (tertiary alicyclic amines) is 1. The fourth-order valence-corrected chi connectivity index (χ4v) is 2.67. The zero-order valence-corrected chi connectivity index (χ0v) is 12.2. The molecule has 112 valence electrons. The number of pyridine rings is 1. The van der Waals surface area contributed by atoms with Gasteiger partial charge in [-0.25, -0.2) is 0 Å². The number of hydrogen-bond acceptors (Lipinski definition) is 5. The van der Waals surface area contributed by atoms with Crippen molar-refractivity contribution in [1.29, 1.82) is 5.26 Å². The van der Waals surface area contributed by atoms with E-state index in [9.17, 15) is 4.79 Å². The van der Waals surface area contributed by atoms with E-state index in [2.05, 4.69) is 21.6 Å². The summed E-state index contributed by atoms with van der Waals surface area (Å²) in [6.45, 7) is 1.37. The molecule has 0 saturated carbocycles. The molecule has 22 heavy (non-hydrogen) atoms. The van der Waals surface area contributed by atoms with Crippen LogP contribution in [0.25, 0.3) is 0 Å². The average molecular weight is 296 g/mol. The highest BCUT2D eigenvalue weighted by Gasteiger charge is 2.28. The first-order valence-corrected chi connectivity index (χ1v) is 7.07. The molecule has 3 rings (SSSR count). The molecule has 1 N–H and O–H groups in total. The zero-order chi connectivity index (χ0) is 15.5. The van der Waals surface area contributed by atoms with Gasteiger partial charge in [-0.2, -0.15) is 10.4 Å². The molecule has 7 nitrogen and oxygen atoms in total. The lowest BCUT2D eigenvalue weighted by Gasteiger charge is -2.10. The summed E-state index contributed by atoms with van der Waals surface area (Å²) in [6, 6.07) is 3.44. The van der Waals surface area contributed by atoms with E-state index in [1.807, 2.05) is 7.05 Å². The Morgan fingerprint density at radius 3 is 3.09 bits per heavy atom. The summed E-state index contributed by atoms with van der Waals surface area (Å²) >= 11 is 0. The molecule has 1 aliphatic rings. The number of rotatable bonds is 3. The Morgan fingerprint density at radius 2 is 2.41 bits per heavy atom. The zero-order valence-electron chi connectivity index (χ0n) is 12.2. The SMILES string of the molecule is Cn1cc(NC(=O)c2cccnc2)c([C@@H]2CCN(C#N)C2)n1. The summed E-state index contributed by atoms with van der Waals surface area (Å²) in [7, 11) is 1.82. The predicted octanol–water partition coefficient (Wildman–Crippen LogP) is 1.34. The maximum absolute atomic E-state index is 12.3. The van der Waals surface area contributed by atoms with Crippen LogP contribution in [0.2, 0.25) is 0 Å². The second kappa shape index (κ2) is 5.85. The van der Waals surface area contributed by atoms with Crippen molar-refractivity contribution in [3.63, 3.8) is 0 Å². The first kappa shape index (κ1) is 14.1. The number of nitriles is 1. The van der Waals surface area contributed by atoms with E-state index in [4.69, 9.17) is 5.26 Å². The van der Waals surface area contributed by atoms with Crippen molar-refractivity contribution < 1.29 is 4.79 Å². The molecule has 0 aliphatic carbocycles. The fourth-order valence-electron chi connectivity index (χ4n) is 2.67. The Bertz CT molecular complexity index is 717. The van der Waals surface area contributed by atoms with Gasteiger partial charge in [0.15, 0.2) is 6.19 Å². The fraction of sp³-hybridized carbons (Fsp3) is 0.333. The summed E-state index contributed by atoms with van der Waals surface area (Å²) in [6.07, 6.45) is 7.96. The number of hydrogen-bond donors (Lipinski definition) is 1. The molecule has 7 heteroatoms. The molecule has 0 spiro atoms. The van der Waals surface area contributed by atoms with Crippen LogP contribution >= 0.6 is 0 Å². The molecule has 2 aromatic heterocycles. The lowest BCUT2D eigenvalue weighted by Crippen LogP contribution is -2.16. The first-order chi connectivity index (χ1) is 10.7. The molecular formula is C15H16N6O. The Morgan fingerprint density at radius 1 is 1.55 bits per heavy atom. The van der Waals surface area contributed by atoms with Crippen LogP contribution in [0.15, 0.2) is 30.7 Å². The molecule has 1 fully saturated rings. The minimum absolute atomic E-state index is 0.157. The molecule has 3 heterocycles. The number of amides is 1. The summed E-state index contributed by atoms with van der Waals surface area (Å²) in [5.74, 6) is -0.0532. The van der Waals surface area contributed by atoms with Crippen LogP contribution in [-0.4, -0.2) is 38.7 Å². The third kappa shape index (κ3) is 2.76. The van der Waals surface area contributed by atoms with E-state index < -0.39 is 0 Å². The topological polar surface area (TPSA) is 86.8 Å². The van der Waals surface area contributed by atoms with Gasteiger partial charge >= 0.3 is 0 Å².